The Balaban J connectivity index is 1.61. The average Bonchev–Trinajstić information content (AvgIpc) is 3.15. The molecule has 4 heteroatoms. The lowest BCUT2D eigenvalue weighted by atomic mass is 9.36. The third-order valence-corrected chi connectivity index (χ3v) is 9.13. The first-order chi connectivity index (χ1) is 15.5. The quantitative estimate of drug-likeness (QED) is 0.252. The van der Waals surface area contributed by atoms with Crippen LogP contribution in [0.1, 0.15) is 26.3 Å². The molecule has 2 aliphatic rings. The van der Waals surface area contributed by atoms with Crippen LogP contribution >= 0.6 is 23.5 Å². The van der Waals surface area contributed by atoms with Crippen molar-refractivity contribution in [3.05, 3.63) is 78.4 Å². The Morgan fingerprint density at radius 1 is 0.719 bits per heavy atom. The second kappa shape index (κ2) is 6.49. The van der Waals surface area contributed by atoms with Gasteiger partial charge in [0.25, 0.3) is 0 Å². The summed E-state index contributed by atoms with van der Waals surface area (Å²) in [5, 5.41) is 2.51. The van der Waals surface area contributed by atoms with E-state index in [0.29, 0.717) is 0 Å². The minimum atomic E-state index is 0.0975. The monoisotopic (exact) mass is 448 g/mol. The molecule has 2 aliphatic heterocycles. The normalized spacial score (nSPS) is 14.4. The second-order valence-electron chi connectivity index (χ2n) is 9.77. The Labute approximate surface area is 196 Å². The average molecular weight is 448 g/mol. The van der Waals surface area contributed by atoms with Gasteiger partial charge in [-0.05, 0) is 46.8 Å². The van der Waals surface area contributed by atoms with Gasteiger partial charge in [-0.3, -0.25) is 0 Å². The molecule has 0 amide bonds. The van der Waals surface area contributed by atoms with E-state index in [1.54, 1.807) is 0 Å². The van der Waals surface area contributed by atoms with Crippen LogP contribution in [0.3, 0.4) is 0 Å². The molecular formula is C28H21BOS2. The van der Waals surface area contributed by atoms with Crippen molar-refractivity contribution in [2.75, 3.05) is 0 Å². The summed E-state index contributed by atoms with van der Waals surface area (Å²) in [6, 6.07) is 26.8. The smallest absolute Gasteiger partial charge is 0.247 e. The number of fused-ring (bicyclic) bond motifs is 8. The van der Waals surface area contributed by atoms with Crippen molar-refractivity contribution in [1.29, 1.82) is 0 Å². The lowest BCUT2D eigenvalue weighted by molar-refractivity contribution is 0.590. The van der Waals surface area contributed by atoms with E-state index in [9.17, 15) is 0 Å². The molecule has 7 rings (SSSR count). The minimum Gasteiger partial charge on any atom is -0.456 e. The number of rotatable bonds is 0. The largest absolute Gasteiger partial charge is 0.456 e. The SMILES string of the molecule is CC(C)(C)c1ccc2oc3cc4c5c(c3c2c1)Sc1ccccc1B5c1ccccc1S4. The molecule has 5 aromatic rings. The molecule has 4 aromatic carbocycles. The molecule has 1 nitrogen and oxygen atoms in total. The van der Waals surface area contributed by atoms with Gasteiger partial charge in [0.05, 0.1) is 0 Å². The van der Waals surface area contributed by atoms with Crippen molar-refractivity contribution >= 4 is 68.6 Å². The highest BCUT2D eigenvalue weighted by Crippen LogP contribution is 2.45. The molecular weight excluding hydrogens is 427 g/mol. The highest BCUT2D eigenvalue weighted by Gasteiger charge is 2.39. The summed E-state index contributed by atoms with van der Waals surface area (Å²) in [5.41, 5.74) is 7.70. The fraction of sp³-hybridized carbons (Fsp3) is 0.143. The predicted octanol–water partition coefficient (Wildman–Crippen LogP) is 6.33. The fourth-order valence-electron chi connectivity index (χ4n) is 5.16. The van der Waals surface area contributed by atoms with Gasteiger partial charge in [-0.25, -0.2) is 0 Å². The molecule has 0 unspecified atom stereocenters. The van der Waals surface area contributed by atoms with Gasteiger partial charge in [0.2, 0.25) is 6.71 Å². The van der Waals surface area contributed by atoms with Crippen molar-refractivity contribution in [2.45, 2.75) is 45.8 Å². The van der Waals surface area contributed by atoms with Crippen LogP contribution in [-0.4, -0.2) is 6.71 Å². The van der Waals surface area contributed by atoms with E-state index in [-0.39, 0.29) is 12.1 Å². The summed E-state index contributed by atoms with van der Waals surface area (Å²) in [4.78, 5) is 5.40. The van der Waals surface area contributed by atoms with Crippen LogP contribution in [0.4, 0.5) is 0 Å². The van der Waals surface area contributed by atoms with E-state index in [4.69, 9.17) is 4.42 Å². The number of hydrogen-bond acceptors (Lipinski definition) is 3. The maximum atomic E-state index is 6.44. The molecule has 0 atom stereocenters. The molecule has 1 aromatic heterocycles. The molecule has 0 spiro atoms. The highest BCUT2D eigenvalue weighted by molar-refractivity contribution is 8.01. The Morgan fingerprint density at radius 2 is 1.41 bits per heavy atom. The van der Waals surface area contributed by atoms with E-state index in [0.717, 1.165) is 11.2 Å². The van der Waals surface area contributed by atoms with Crippen LogP contribution in [0, 0.1) is 0 Å². The van der Waals surface area contributed by atoms with Gasteiger partial charge in [-0.1, -0.05) is 97.7 Å². The zero-order chi connectivity index (χ0) is 21.6. The zero-order valence-corrected chi connectivity index (χ0v) is 19.9. The fourth-order valence-corrected chi connectivity index (χ4v) is 7.73. The number of furan rings is 1. The predicted molar refractivity (Wildman–Crippen MR) is 138 cm³/mol. The first-order valence-corrected chi connectivity index (χ1v) is 12.7. The summed E-state index contributed by atoms with van der Waals surface area (Å²) in [6.07, 6.45) is 0. The molecule has 0 aliphatic carbocycles. The van der Waals surface area contributed by atoms with Crippen LogP contribution < -0.4 is 16.4 Å². The lowest BCUT2D eigenvalue weighted by Crippen LogP contribution is -2.57. The van der Waals surface area contributed by atoms with Crippen LogP contribution in [0.15, 0.2) is 96.8 Å². The number of hydrogen-bond donors (Lipinski definition) is 0. The van der Waals surface area contributed by atoms with E-state index < -0.39 is 0 Å². The molecule has 0 fully saturated rings. The summed E-state index contributed by atoms with van der Waals surface area (Å²) in [7, 11) is 0. The third kappa shape index (κ3) is 2.57. The van der Waals surface area contributed by atoms with Gasteiger partial charge >= 0.3 is 0 Å². The van der Waals surface area contributed by atoms with Gasteiger partial charge in [-0.2, -0.15) is 0 Å². The maximum absolute atomic E-state index is 6.44. The molecule has 154 valence electrons. The van der Waals surface area contributed by atoms with Gasteiger partial charge < -0.3 is 4.42 Å². The number of benzene rings is 4. The topological polar surface area (TPSA) is 13.1 Å². The Bertz CT molecular complexity index is 1560. The van der Waals surface area contributed by atoms with Crippen molar-refractivity contribution in [2.24, 2.45) is 0 Å². The van der Waals surface area contributed by atoms with Crippen LogP contribution in [0.5, 0.6) is 0 Å². The van der Waals surface area contributed by atoms with E-state index in [1.165, 1.54) is 52.3 Å². The van der Waals surface area contributed by atoms with E-state index >= 15 is 0 Å². The van der Waals surface area contributed by atoms with Gasteiger partial charge in [0.15, 0.2) is 0 Å². The zero-order valence-electron chi connectivity index (χ0n) is 18.2. The van der Waals surface area contributed by atoms with Crippen molar-refractivity contribution in [1.82, 2.24) is 0 Å². The van der Waals surface area contributed by atoms with Gasteiger partial charge in [-0.15, -0.1) is 0 Å². The first kappa shape index (κ1) is 19.0. The molecule has 32 heavy (non-hydrogen) atoms. The maximum Gasteiger partial charge on any atom is 0.247 e. The summed E-state index contributed by atoms with van der Waals surface area (Å²) in [6.45, 7) is 7.10. The highest BCUT2D eigenvalue weighted by atomic mass is 32.2. The third-order valence-electron chi connectivity index (χ3n) is 6.76. The molecule has 0 N–H and O–H groups in total. The first-order valence-electron chi connectivity index (χ1n) is 11.1. The second-order valence-corrected chi connectivity index (χ2v) is 11.9. The molecule has 3 heterocycles. The van der Waals surface area contributed by atoms with Crippen LogP contribution in [0.25, 0.3) is 21.9 Å². The molecule has 0 saturated carbocycles. The standard InChI is InChI=1S/C28H21BOS2/c1-28(2,3)16-12-13-20-17(14-16)25-21(30-20)15-24-26-27(25)32-23-11-7-5-9-19(23)29(26)18-8-4-6-10-22(18)31-24/h4-15H,1-3H3. The van der Waals surface area contributed by atoms with Crippen LogP contribution in [0.2, 0.25) is 0 Å². The summed E-state index contributed by atoms with van der Waals surface area (Å²) >= 11 is 3.80. The Kier molecular flexibility index (Phi) is 3.85. The summed E-state index contributed by atoms with van der Waals surface area (Å²) < 4.78 is 6.44. The van der Waals surface area contributed by atoms with Crippen molar-refractivity contribution in [3.63, 3.8) is 0 Å². The molecule has 0 bridgehead atoms. The summed E-state index contributed by atoms with van der Waals surface area (Å²) in [5.74, 6) is 0. The molecule has 0 saturated heterocycles. The van der Waals surface area contributed by atoms with Crippen LogP contribution in [-0.2, 0) is 5.41 Å². The Hall–Kier alpha value is -2.56. The lowest BCUT2D eigenvalue weighted by Gasteiger charge is -2.33. The van der Waals surface area contributed by atoms with E-state index in [1.807, 2.05) is 23.5 Å². The van der Waals surface area contributed by atoms with E-state index in [2.05, 4.69) is 93.6 Å². The van der Waals surface area contributed by atoms with Gasteiger partial charge in [0, 0.05) is 30.4 Å². The Morgan fingerprint density at radius 3 is 2.12 bits per heavy atom. The van der Waals surface area contributed by atoms with Crippen molar-refractivity contribution in [3.8, 4) is 0 Å². The van der Waals surface area contributed by atoms with Gasteiger partial charge in [0.1, 0.15) is 11.2 Å². The minimum absolute atomic E-state index is 0.0975. The molecule has 0 radical (unpaired) electrons. The van der Waals surface area contributed by atoms with Crippen molar-refractivity contribution < 1.29 is 4.42 Å².